The number of aromatic nitrogens is 3. The van der Waals surface area contributed by atoms with Crippen molar-refractivity contribution in [3.63, 3.8) is 0 Å². The average molecular weight is 425 g/mol. The molecule has 1 aromatic heterocycles. The van der Waals surface area contributed by atoms with Crippen LogP contribution in [0.4, 0.5) is 5.69 Å². The Morgan fingerprint density at radius 3 is 2.40 bits per heavy atom. The molecule has 158 valence electrons. The van der Waals surface area contributed by atoms with E-state index in [0.29, 0.717) is 5.92 Å². The van der Waals surface area contributed by atoms with Crippen LogP contribution in [-0.4, -0.2) is 33.5 Å². The van der Waals surface area contributed by atoms with E-state index >= 15 is 0 Å². The summed E-state index contributed by atoms with van der Waals surface area (Å²) in [4.78, 5) is 12.4. The third kappa shape index (κ3) is 5.21. The first-order valence-corrected chi connectivity index (χ1v) is 11.1. The molecule has 0 aliphatic rings. The summed E-state index contributed by atoms with van der Waals surface area (Å²) < 4.78 is 7.23. The lowest BCUT2D eigenvalue weighted by molar-refractivity contribution is -0.113. The van der Waals surface area contributed by atoms with Crippen molar-refractivity contribution in [3.8, 4) is 17.1 Å². The first kappa shape index (κ1) is 21.9. The normalized spacial score (nSPS) is 11.9. The van der Waals surface area contributed by atoms with Crippen molar-refractivity contribution >= 4 is 23.4 Å². The van der Waals surface area contributed by atoms with Crippen LogP contribution in [0.25, 0.3) is 11.4 Å². The number of carbonyl (C=O) groups excluding carboxylic acids is 1. The van der Waals surface area contributed by atoms with Gasteiger partial charge in [0, 0.05) is 17.8 Å². The fraction of sp³-hybridized carbons (Fsp3) is 0.348. The van der Waals surface area contributed by atoms with Crippen molar-refractivity contribution in [2.24, 2.45) is 0 Å². The average Bonchev–Trinajstić information content (AvgIpc) is 3.20. The van der Waals surface area contributed by atoms with Crippen LogP contribution in [0.15, 0.2) is 53.7 Å². The monoisotopic (exact) mass is 424 g/mol. The maximum atomic E-state index is 12.4. The summed E-state index contributed by atoms with van der Waals surface area (Å²) in [6.07, 6.45) is 1.10. The molecule has 6 nitrogen and oxygen atoms in total. The fourth-order valence-corrected chi connectivity index (χ4v) is 3.89. The second kappa shape index (κ2) is 10.3. The van der Waals surface area contributed by atoms with Gasteiger partial charge in [-0.25, -0.2) is 0 Å². The van der Waals surface area contributed by atoms with Gasteiger partial charge in [0.25, 0.3) is 0 Å². The Kier molecular flexibility index (Phi) is 7.52. The summed E-state index contributed by atoms with van der Waals surface area (Å²) in [6, 6.07) is 15.8. The summed E-state index contributed by atoms with van der Waals surface area (Å²) in [6.45, 7) is 7.13. The molecule has 1 amide bonds. The lowest BCUT2D eigenvalue weighted by Gasteiger charge is -2.11. The molecule has 0 saturated heterocycles. The van der Waals surface area contributed by atoms with Crippen LogP contribution in [0.3, 0.4) is 0 Å². The molecule has 0 fully saturated rings. The summed E-state index contributed by atoms with van der Waals surface area (Å²) >= 11 is 1.39. The predicted molar refractivity (Wildman–Crippen MR) is 122 cm³/mol. The van der Waals surface area contributed by atoms with Crippen LogP contribution < -0.4 is 10.1 Å². The van der Waals surface area contributed by atoms with Gasteiger partial charge >= 0.3 is 0 Å². The van der Waals surface area contributed by atoms with E-state index in [-0.39, 0.29) is 11.7 Å². The Morgan fingerprint density at radius 2 is 1.80 bits per heavy atom. The van der Waals surface area contributed by atoms with E-state index in [9.17, 15) is 4.79 Å². The standard InChI is InChI=1S/C23H28N4O2S/c1-5-16(3)17-7-11-19(12-8-17)24-21(28)15-30-23-26-25-22(27(23)6-2)18-9-13-20(29-4)14-10-18/h7-14,16H,5-6,15H2,1-4H3,(H,24,28)/t16-/m1/s1. The first-order valence-electron chi connectivity index (χ1n) is 10.2. The number of amides is 1. The summed E-state index contributed by atoms with van der Waals surface area (Å²) in [7, 11) is 1.64. The number of hydrogen-bond donors (Lipinski definition) is 1. The Hall–Kier alpha value is -2.80. The molecule has 0 aliphatic heterocycles. The van der Waals surface area contributed by atoms with Gasteiger partial charge in [-0.05, 0) is 61.2 Å². The molecule has 30 heavy (non-hydrogen) atoms. The molecule has 1 N–H and O–H groups in total. The molecule has 0 unspecified atom stereocenters. The number of nitrogens with zero attached hydrogens (tertiary/aromatic N) is 3. The lowest BCUT2D eigenvalue weighted by Crippen LogP contribution is -2.14. The quantitative estimate of drug-likeness (QED) is 0.477. The van der Waals surface area contributed by atoms with E-state index in [0.717, 1.165) is 40.9 Å². The van der Waals surface area contributed by atoms with E-state index in [1.165, 1.54) is 17.3 Å². The highest BCUT2D eigenvalue weighted by atomic mass is 32.2. The van der Waals surface area contributed by atoms with Gasteiger partial charge in [-0.2, -0.15) is 0 Å². The zero-order valence-corrected chi connectivity index (χ0v) is 18.7. The maximum Gasteiger partial charge on any atom is 0.234 e. The number of benzene rings is 2. The topological polar surface area (TPSA) is 69.0 Å². The molecule has 3 aromatic rings. The molecular weight excluding hydrogens is 396 g/mol. The molecule has 0 saturated carbocycles. The maximum absolute atomic E-state index is 12.4. The molecule has 0 aliphatic carbocycles. The van der Waals surface area contributed by atoms with Crippen LogP contribution >= 0.6 is 11.8 Å². The number of hydrogen-bond acceptors (Lipinski definition) is 5. The Bertz CT molecular complexity index is 968. The van der Waals surface area contributed by atoms with Crippen LogP contribution in [-0.2, 0) is 11.3 Å². The fourth-order valence-electron chi connectivity index (χ4n) is 3.09. The first-order chi connectivity index (χ1) is 14.5. The minimum Gasteiger partial charge on any atom is -0.497 e. The van der Waals surface area contributed by atoms with Crippen LogP contribution in [0, 0.1) is 0 Å². The van der Waals surface area contributed by atoms with E-state index in [4.69, 9.17) is 4.74 Å². The summed E-state index contributed by atoms with van der Waals surface area (Å²) in [5, 5.41) is 12.3. The van der Waals surface area contributed by atoms with Crippen molar-refractivity contribution in [1.82, 2.24) is 14.8 Å². The highest BCUT2D eigenvalue weighted by Gasteiger charge is 2.15. The Morgan fingerprint density at radius 1 is 1.10 bits per heavy atom. The number of methoxy groups -OCH3 is 1. The van der Waals surface area contributed by atoms with Crippen molar-refractivity contribution in [3.05, 3.63) is 54.1 Å². The van der Waals surface area contributed by atoms with Gasteiger partial charge in [-0.15, -0.1) is 10.2 Å². The van der Waals surface area contributed by atoms with Gasteiger partial charge in [0.2, 0.25) is 5.91 Å². The van der Waals surface area contributed by atoms with Crippen LogP contribution in [0.5, 0.6) is 5.75 Å². The Balaban J connectivity index is 1.62. The van der Waals surface area contributed by atoms with Gasteiger partial charge in [-0.3, -0.25) is 4.79 Å². The minimum atomic E-state index is -0.0621. The molecular formula is C23H28N4O2S. The minimum absolute atomic E-state index is 0.0621. The summed E-state index contributed by atoms with van der Waals surface area (Å²) in [5.74, 6) is 2.31. The van der Waals surface area contributed by atoms with E-state index in [1.54, 1.807) is 7.11 Å². The van der Waals surface area contributed by atoms with Gasteiger partial charge in [-0.1, -0.05) is 37.7 Å². The zero-order valence-electron chi connectivity index (χ0n) is 17.9. The van der Waals surface area contributed by atoms with Crippen LogP contribution in [0.1, 0.15) is 38.7 Å². The molecule has 3 rings (SSSR count). The molecule has 0 radical (unpaired) electrons. The third-order valence-corrected chi connectivity index (χ3v) is 6.06. The van der Waals surface area contributed by atoms with Crippen molar-refractivity contribution in [1.29, 1.82) is 0 Å². The third-order valence-electron chi connectivity index (χ3n) is 5.09. The molecule has 2 aromatic carbocycles. The smallest absolute Gasteiger partial charge is 0.234 e. The molecule has 1 atom stereocenters. The second-order valence-corrected chi connectivity index (χ2v) is 7.99. The van der Waals surface area contributed by atoms with Gasteiger partial charge in [0.05, 0.1) is 12.9 Å². The summed E-state index contributed by atoms with van der Waals surface area (Å²) in [5.41, 5.74) is 3.05. The zero-order chi connectivity index (χ0) is 21.5. The highest BCUT2D eigenvalue weighted by Crippen LogP contribution is 2.26. The van der Waals surface area contributed by atoms with Crippen LogP contribution in [0.2, 0.25) is 0 Å². The number of carbonyl (C=O) groups is 1. The predicted octanol–water partition coefficient (Wildman–Crippen LogP) is 5.22. The van der Waals surface area contributed by atoms with E-state index in [1.807, 2.05) is 47.9 Å². The number of nitrogens with one attached hydrogen (secondary N) is 1. The highest BCUT2D eigenvalue weighted by molar-refractivity contribution is 7.99. The Labute approximate surface area is 182 Å². The lowest BCUT2D eigenvalue weighted by atomic mass is 9.99. The van der Waals surface area contributed by atoms with E-state index < -0.39 is 0 Å². The molecule has 1 heterocycles. The number of ether oxygens (including phenoxy) is 1. The SMILES string of the molecule is CC[C@@H](C)c1ccc(NC(=O)CSc2nnc(-c3ccc(OC)cc3)n2CC)cc1. The van der Waals surface area contributed by atoms with Gasteiger partial charge < -0.3 is 14.6 Å². The number of rotatable bonds is 9. The number of thioether (sulfide) groups is 1. The van der Waals surface area contributed by atoms with Crippen molar-refractivity contribution < 1.29 is 9.53 Å². The molecule has 7 heteroatoms. The van der Waals surface area contributed by atoms with Gasteiger partial charge in [0.1, 0.15) is 5.75 Å². The largest absolute Gasteiger partial charge is 0.497 e. The van der Waals surface area contributed by atoms with Crippen molar-refractivity contribution in [2.75, 3.05) is 18.2 Å². The number of anilines is 1. The van der Waals surface area contributed by atoms with Gasteiger partial charge in [0.15, 0.2) is 11.0 Å². The second-order valence-electron chi connectivity index (χ2n) is 7.05. The molecule has 0 bridgehead atoms. The van der Waals surface area contributed by atoms with Crippen molar-refractivity contribution in [2.45, 2.75) is 44.8 Å². The molecule has 0 spiro atoms. The van der Waals surface area contributed by atoms with E-state index in [2.05, 4.69) is 41.5 Å².